The topological polar surface area (TPSA) is 82.4 Å². The zero-order chi connectivity index (χ0) is 22.1. The molecule has 1 saturated carbocycles. The summed E-state index contributed by atoms with van der Waals surface area (Å²) in [6.07, 6.45) is 5.79. The van der Waals surface area contributed by atoms with E-state index in [1.54, 1.807) is 16.8 Å². The first-order valence-electron chi connectivity index (χ1n) is 11.0. The first kappa shape index (κ1) is 20.0. The highest BCUT2D eigenvalue weighted by atomic mass is 16.1. The van der Waals surface area contributed by atoms with Crippen molar-refractivity contribution >= 4 is 28.4 Å². The third kappa shape index (κ3) is 3.54. The molecule has 3 heterocycles. The molecule has 0 unspecified atom stereocenters. The zero-order valence-corrected chi connectivity index (χ0v) is 17.7. The number of hydrogen-bond acceptors (Lipinski definition) is 6. The van der Waals surface area contributed by atoms with Crippen LogP contribution in [0.1, 0.15) is 37.3 Å². The van der Waals surface area contributed by atoms with Gasteiger partial charge in [0.25, 0.3) is 5.56 Å². The fraction of sp³-hybridized carbons (Fsp3) is 0.375. The number of benzene rings is 1. The molecule has 1 aromatic carbocycles. The van der Waals surface area contributed by atoms with Crippen LogP contribution in [0.4, 0.5) is 17.3 Å². The molecular formula is C24H23N7O. The molecule has 0 radical (unpaired) electrons. The minimum absolute atomic E-state index is 0.0938. The van der Waals surface area contributed by atoms with Crippen LogP contribution in [0.5, 0.6) is 0 Å². The van der Waals surface area contributed by atoms with Gasteiger partial charge in [-0.25, -0.2) is 9.83 Å². The summed E-state index contributed by atoms with van der Waals surface area (Å²) in [5.74, 6) is 0.622. The van der Waals surface area contributed by atoms with E-state index in [9.17, 15) is 10.1 Å². The van der Waals surface area contributed by atoms with E-state index >= 15 is 0 Å². The minimum Gasteiger partial charge on any atom is -0.368 e. The third-order valence-electron chi connectivity index (χ3n) is 6.48. The van der Waals surface area contributed by atoms with Crippen molar-refractivity contribution in [1.82, 2.24) is 14.5 Å². The first-order chi connectivity index (χ1) is 15.7. The van der Waals surface area contributed by atoms with E-state index in [-0.39, 0.29) is 17.2 Å². The Kier molecular flexibility index (Phi) is 5.20. The number of pyridine rings is 1. The Balaban J connectivity index is 1.43. The molecule has 2 aromatic heterocycles. The average molecular weight is 425 g/mol. The van der Waals surface area contributed by atoms with Gasteiger partial charge in [-0.1, -0.05) is 25.0 Å². The summed E-state index contributed by atoms with van der Waals surface area (Å²) in [5.41, 5.74) is 2.28. The Hall–Kier alpha value is -3.91. The van der Waals surface area contributed by atoms with Gasteiger partial charge in [-0.15, -0.1) is 0 Å². The summed E-state index contributed by atoms with van der Waals surface area (Å²) in [6.45, 7) is 10.3. The van der Waals surface area contributed by atoms with Gasteiger partial charge >= 0.3 is 0 Å². The molecule has 2 fully saturated rings. The standard InChI is InChI=1S/C24H23N7O/c1-26-19-6-8-20(9-7-19)29-10-12-30(13-11-29)24-27-16-18-14-17(15-25)23(32)31(22(18)28-24)21-4-2-3-5-21/h6-9,14,16,21H,2-5,10-13H2. The molecule has 3 aromatic rings. The Morgan fingerprint density at radius 3 is 2.41 bits per heavy atom. The molecule has 1 aliphatic carbocycles. The third-order valence-corrected chi connectivity index (χ3v) is 6.48. The van der Waals surface area contributed by atoms with E-state index in [0.717, 1.165) is 62.9 Å². The lowest BCUT2D eigenvalue weighted by Crippen LogP contribution is -2.47. The maximum absolute atomic E-state index is 13.0. The molecule has 8 nitrogen and oxygen atoms in total. The predicted octanol–water partition coefficient (Wildman–Crippen LogP) is 3.66. The molecule has 0 spiro atoms. The van der Waals surface area contributed by atoms with E-state index in [1.807, 2.05) is 30.3 Å². The average Bonchev–Trinajstić information content (AvgIpc) is 3.38. The van der Waals surface area contributed by atoms with Crippen LogP contribution in [0.15, 0.2) is 41.3 Å². The lowest BCUT2D eigenvalue weighted by molar-refractivity contribution is 0.514. The lowest BCUT2D eigenvalue weighted by Gasteiger charge is -2.36. The fourth-order valence-electron chi connectivity index (χ4n) is 4.75. The summed E-state index contributed by atoms with van der Waals surface area (Å²) in [6, 6.07) is 11.4. The van der Waals surface area contributed by atoms with Crippen LogP contribution in [0.3, 0.4) is 0 Å². The number of nitrogens with zero attached hydrogens (tertiary/aromatic N) is 7. The van der Waals surface area contributed by atoms with Gasteiger partial charge in [-0.2, -0.15) is 10.2 Å². The van der Waals surface area contributed by atoms with Crippen molar-refractivity contribution < 1.29 is 0 Å². The predicted molar refractivity (Wildman–Crippen MR) is 123 cm³/mol. The van der Waals surface area contributed by atoms with Crippen molar-refractivity contribution in [2.45, 2.75) is 31.7 Å². The smallest absolute Gasteiger partial charge is 0.270 e. The number of piperazine rings is 1. The first-order valence-corrected chi connectivity index (χ1v) is 11.0. The minimum atomic E-state index is -0.246. The molecule has 1 aliphatic heterocycles. The number of aromatic nitrogens is 3. The number of anilines is 2. The van der Waals surface area contributed by atoms with E-state index in [4.69, 9.17) is 11.6 Å². The van der Waals surface area contributed by atoms with Gasteiger partial charge in [0.05, 0.1) is 6.57 Å². The Morgan fingerprint density at radius 2 is 1.75 bits per heavy atom. The fourth-order valence-corrected chi connectivity index (χ4v) is 4.75. The van der Waals surface area contributed by atoms with Gasteiger partial charge in [0, 0.05) is 49.5 Å². The number of fused-ring (bicyclic) bond motifs is 1. The lowest BCUT2D eigenvalue weighted by atomic mass is 10.2. The van der Waals surface area contributed by atoms with Crippen molar-refractivity contribution in [3.05, 3.63) is 63.9 Å². The monoisotopic (exact) mass is 425 g/mol. The van der Waals surface area contributed by atoms with Crippen molar-refractivity contribution in [2.75, 3.05) is 36.0 Å². The molecular weight excluding hydrogens is 402 g/mol. The molecule has 160 valence electrons. The van der Waals surface area contributed by atoms with Crippen LogP contribution >= 0.6 is 0 Å². The van der Waals surface area contributed by atoms with Crippen LogP contribution in [0.25, 0.3) is 15.9 Å². The summed E-state index contributed by atoms with van der Waals surface area (Å²) in [4.78, 5) is 30.2. The van der Waals surface area contributed by atoms with Crippen molar-refractivity contribution in [2.24, 2.45) is 0 Å². The summed E-state index contributed by atoms with van der Waals surface area (Å²) in [7, 11) is 0. The van der Waals surface area contributed by atoms with Crippen molar-refractivity contribution in [1.29, 1.82) is 5.26 Å². The van der Waals surface area contributed by atoms with Crippen LogP contribution in [-0.4, -0.2) is 40.7 Å². The van der Waals surface area contributed by atoms with Crippen LogP contribution in [0.2, 0.25) is 0 Å². The number of hydrogen-bond donors (Lipinski definition) is 0. The van der Waals surface area contributed by atoms with E-state index < -0.39 is 0 Å². The highest BCUT2D eigenvalue weighted by Crippen LogP contribution is 2.31. The van der Waals surface area contributed by atoms with E-state index in [0.29, 0.717) is 17.3 Å². The SMILES string of the molecule is [C-]#[N+]c1ccc(N2CCN(c3ncc4cc(C#N)c(=O)n(C5CCCC5)c4n3)CC2)cc1. The van der Waals surface area contributed by atoms with Gasteiger partial charge in [0.1, 0.15) is 17.3 Å². The maximum Gasteiger partial charge on any atom is 0.270 e. The second-order valence-corrected chi connectivity index (χ2v) is 8.33. The van der Waals surface area contributed by atoms with Gasteiger partial charge < -0.3 is 9.80 Å². The van der Waals surface area contributed by atoms with Crippen LogP contribution in [-0.2, 0) is 0 Å². The molecule has 32 heavy (non-hydrogen) atoms. The second kappa shape index (κ2) is 8.32. The molecule has 0 N–H and O–H groups in total. The normalized spacial score (nSPS) is 16.8. The highest BCUT2D eigenvalue weighted by molar-refractivity contribution is 5.77. The number of nitriles is 1. The molecule has 0 amide bonds. The second-order valence-electron chi connectivity index (χ2n) is 8.33. The van der Waals surface area contributed by atoms with Crippen molar-refractivity contribution in [3.8, 4) is 6.07 Å². The largest absolute Gasteiger partial charge is 0.368 e. The van der Waals surface area contributed by atoms with Gasteiger partial charge in [0.2, 0.25) is 5.95 Å². The Bertz CT molecular complexity index is 1290. The van der Waals surface area contributed by atoms with Gasteiger partial charge in [-0.05, 0) is 31.0 Å². The molecule has 5 rings (SSSR count). The molecule has 2 aliphatic rings. The number of rotatable bonds is 3. The molecule has 0 atom stereocenters. The maximum atomic E-state index is 13.0. The summed E-state index contributed by atoms with van der Waals surface area (Å²) < 4.78 is 1.74. The van der Waals surface area contributed by atoms with Crippen LogP contribution < -0.4 is 15.4 Å². The van der Waals surface area contributed by atoms with Crippen LogP contribution in [0, 0.1) is 17.9 Å². The van der Waals surface area contributed by atoms with E-state index in [2.05, 4.69) is 19.6 Å². The Morgan fingerprint density at radius 1 is 1.06 bits per heavy atom. The molecule has 1 saturated heterocycles. The van der Waals surface area contributed by atoms with E-state index in [1.165, 1.54) is 0 Å². The summed E-state index contributed by atoms with van der Waals surface area (Å²) >= 11 is 0. The quantitative estimate of drug-likeness (QED) is 0.596. The summed E-state index contributed by atoms with van der Waals surface area (Å²) in [5, 5.41) is 10.2. The Labute approximate surface area is 186 Å². The molecule has 8 heteroatoms. The highest BCUT2D eigenvalue weighted by Gasteiger charge is 2.24. The van der Waals surface area contributed by atoms with Gasteiger partial charge in [0.15, 0.2) is 5.69 Å². The van der Waals surface area contributed by atoms with Gasteiger partial charge in [-0.3, -0.25) is 9.36 Å². The zero-order valence-electron chi connectivity index (χ0n) is 17.7. The van der Waals surface area contributed by atoms with Crippen molar-refractivity contribution in [3.63, 3.8) is 0 Å². The molecule has 0 bridgehead atoms.